The van der Waals surface area contributed by atoms with Crippen LogP contribution in [0.25, 0.3) is 0 Å². The fourth-order valence-electron chi connectivity index (χ4n) is 2.15. The van der Waals surface area contributed by atoms with Crippen molar-refractivity contribution in [3.63, 3.8) is 0 Å². The van der Waals surface area contributed by atoms with E-state index in [2.05, 4.69) is 5.32 Å². The molecule has 1 aromatic rings. The molecule has 1 aliphatic rings. The quantitative estimate of drug-likeness (QED) is 0.893. The second kappa shape index (κ2) is 5.65. The van der Waals surface area contributed by atoms with Gasteiger partial charge in [-0.15, -0.1) is 0 Å². The van der Waals surface area contributed by atoms with Crippen LogP contribution >= 0.6 is 0 Å². The zero-order valence-electron chi connectivity index (χ0n) is 11.4. The number of aliphatic hydroxyl groups is 1. The molecule has 7 heteroatoms. The number of rotatable bonds is 4. The van der Waals surface area contributed by atoms with E-state index in [4.69, 9.17) is 4.74 Å². The van der Waals surface area contributed by atoms with E-state index in [1.807, 2.05) is 0 Å². The lowest BCUT2D eigenvalue weighted by atomic mass is 9.87. The molecule has 2 N–H and O–H groups in total. The van der Waals surface area contributed by atoms with Crippen LogP contribution in [0.1, 0.15) is 24.1 Å². The Balaban J connectivity index is 2.24. The van der Waals surface area contributed by atoms with Crippen LogP contribution in [-0.2, 0) is 15.7 Å². The predicted octanol–water partition coefficient (Wildman–Crippen LogP) is 1.89. The molecule has 0 aliphatic carbocycles. The summed E-state index contributed by atoms with van der Waals surface area (Å²) < 4.78 is 43.9. The van der Waals surface area contributed by atoms with E-state index in [0.717, 1.165) is 6.07 Å². The molecule has 0 radical (unpaired) electrons. The number of ether oxygens (including phenoxy) is 1. The van der Waals surface area contributed by atoms with Crippen molar-refractivity contribution in [3.8, 4) is 0 Å². The van der Waals surface area contributed by atoms with Gasteiger partial charge in [0, 0.05) is 0 Å². The highest BCUT2D eigenvalue weighted by atomic mass is 19.4. The minimum atomic E-state index is -4.54. The number of hydrogen-bond acceptors (Lipinski definition) is 3. The van der Waals surface area contributed by atoms with Gasteiger partial charge in [-0.3, -0.25) is 4.79 Å². The number of alkyl halides is 3. The molecule has 1 unspecified atom stereocenters. The van der Waals surface area contributed by atoms with Gasteiger partial charge in [-0.1, -0.05) is 18.2 Å². The number of carbonyl (C=O) groups excluding carboxylic acids is 1. The van der Waals surface area contributed by atoms with Crippen molar-refractivity contribution in [3.05, 3.63) is 35.4 Å². The van der Waals surface area contributed by atoms with Gasteiger partial charge in [-0.2, -0.15) is 13.2 Å². The van der Waals surface area contributed by atoms with E-state index in [0.29, 0.717) is 0 Å². The summed E-state index contributed by atoms with van der Waals surface area (Å²) >= 11 is 0. The molecule has 1 amide bonds. The molecule has 0 saturated carbocycles. The lowest BCUT2D eigenvalue weighted by molar-refractivity contribution is -0.159. The predicted molar refractivity (Wildman–Crippen MR) is 68.3 cm³/mol. The second-order valence-electron chi connectivity index (χ2n) is 5.35. The Morgan fingerprint density at radius 3 is 2.52 bits per heavy atom. The molecular formula is C14H16F3NO3. The number of hydrogen-bond donors (Lipinski definition) is 2. The van der Waals surface area contributed by atoms with Crippen molar-refractivity contribution in [2.45, 2.75) is 19.1 Å². The van der Waals surface area contributed by atoms with Gasteiger partial charge in [-0.05, 0) is 18.6 Å². The summed E-state index contributed by atoms with van der Waals surface area (Å²) in [6.45, 7) is 1.49. The van der Waals surface area contributed by atoms with Crippen LogP contribution in [0.15, 0.2) is 24.3 Å². The molecule has 1 saturated heterocycles. The van der Waals surface area contributed by atoms with E-state index in [-0.39, 0.29) is 18.8 Å². The third kappa shape index (κ3) is 3.19. The first kappa shape index (κ1) is 15.8. The fraction of sp³-hybridized carbons (Fsp3) is 0.500. The Bertz CT molecular complexity index is 526. The first-order valence-electron chi connectivity index (χ1n) is 6.43. The van der Waals surface area contributed by atoms with Crippen molar-refractivity contribution in [1.29, 1.82) is 0 Å². The Morgan fingerprint density at radius 1 is 1.43 bits per heavy atom. The molecule has 0 aromatic heterocycles. The topological polar surface area (TPSA) is 58.6 Å². The lowest BCUT2D eigenvalue weighted by Crippen LogP contribution is -2.53. The fourth-order valence-corrected chi connectivity index (χ4v) is 2.15. The monoisotopic (exact) mass is 303 g/mol. The first-order chi connectivity index (χ1) is 9.78. The molecule has 1 heterocycles. The number of amides is 1. The summed E-state index contributed by atoms with van der Waals surface area (Å²) in [6, 6.07) is 3.78. The molecule has 0 spiro atoms. The largest absolute Gasteiger partial charge is 0.416 e. The Hall–Kier alpha value is -1.60. The lowest BCUT2D eigenvalue weighted by Gasteiger charge is -2.37. The molecule has 21 heavy (non-hydrogen) atoms. The van der Waals surface area contributed by atoms with Crippen LogP contribution in [0, 0.1) is 5.41 Å². The third-order valence-electron chi connectivity index (χ3n) is 3.52. The van der Waals surface area contributed by atoms with Gasteiger partial charge in [0.05, 0.1) is 36.8 Å². The Labute approximate surface area is 119 Å². The molecule has 116 valence electrons. The third-order valence-corrected chi connectivity index (χ3v) is 3.52. The zero-order valence-corrected chi connectivity index (χ0v) is 11.4. The molecule has 1 fully saturated rings. The van der Waals surface area contributed by atoms with Crippen LogP contribution in [0.2, 0.25) is 0 Å². The minimum absolute atomic E-state index is 0.148. The van der Waals surface area contributed by atoms with E-state index in [9.17, 15) is 23.1 Å². The van der Waals surface area contributed by atoms with E-state index < -0.39 is 35.7 Å². The molecule has 4 nitrogen and oxygen atoms in total. The van der Waals surface area contributed by atoms with Gasteiger partial charge in [0.1, 0.15) is 0 Å². The van der Waals surface area contributed by atoms with E-state index in [1.54, 1.807) is 6.92 Å². The number of nitrogens with one attached hydrogen (secondary N) is 1. The summed E-state index contributed by atoms with van der Waals surface area (Å²) in [7, 11) is 0. The molecule has 2 rings (SSSR count). The Morgan fingerprint density at radius 2 is 2.05 bits per heavy atom. The van der Waals surface area contributed by atoms with Crippen molar-refractivity contribution >= 4 is 5.91 Å². The van der Waals surface area contributed by atoms with Crippen molar-refractivity contribution in [1.82, 2.24) is 5.32 Å². The number of aliphatic hydroxyl groups excluding tert-OH is 1. The van der Waals surface area contributed by atoms with Gasteiger partial charge in [0.2, 0.25) is 5.91 Å². The Kier molecular flexibility index (Phi) is 4.25. The highest BCUT2D eigenvalue weighted by Gasteiger charge is 2.42. The summed E-state index contributed by atoms with van der Waals surface area (Å²) in [6.07, 6.45) is -4.54. The highest BCUT2D eigenvalue weighted by molar-refractivity contribution is 5.83. The maximum Gasteiger partial charge on any atom is 0.416 e. The van der Waals surface area contributed by atoms with Gasteiger partial charge in [-0.25, -0.2) is 0 Å². The number of benzene rings is 1. The molecule has 1 aliphatic heterocycles. The maximum absolute atomic E-state index is 13.0. The van der Waals surface area contributed by atoms with E-state index in [1.165, 1.54) is 18.2 Å². The normalized spacial score (nSPS) is 18.7. The summed E-state index contributed by atoms with van der Waals surface area (Å²) in [5, 5.41) is 11.8. The number of carbonyl (C=O) groups is 1. The molecular weight excluding hydrogens is 287 g/mol. The molecule has 1 atom stereocenters. The minimum Gasteiger partial charge on any atom is -0.394 e. The molecule has 1 aromatic carbocycles. The van der Waals surface area contributed by atoms with Gasteiger partial charge < -0.3 is 15.2 Å². The number of halogens is 3. The maximum atomic E-state index is 13.0. The standard InChI is InChI=1S/C14H16F3NO3/c1-13(7-21-8-13)12(20)18-11(6-19)9-4-2-3-5-10(9)14(15,16)17/h2-5,11,19H,6-8H2,1H3,(H,18,20). The van der Waals surface area contributed by atoms with Crippen LogP contribution in [-0.4, -0.2) is 30.8 Å². The smallest absolute Gasteiger partial charge is 0.394 e. The van der Waals surface area contributed by atoms with Crippen LogP contribution in [0.4, 0.5) is 13.2 Å². The van der Waals surface area contributed by atoms with Crippen LogP contribution < -0.4 is 5.32 Å². The van der Waals surface area contributed by atoms with E-state index >= 15 is 0 Å². The van der Waals surface area contributed by atoms with Gasteiger partial charge in [0.15, 0.2) is 0 Å². The average molecular weight is 303 g/mol. The average Bonchev–Trinajstić information content (AvgIpc) is 2.41. The first-order valence-corrected chi connectivity index (χ1v) is 6.43. The molecule has 0 bridgehead atoms. The second-order valence-corrected chi connectivity index (χ2v) is 5.35. The van der Waals surface area contributed by atoms with Crippen LogP contribution in [0.3, 0.4) is 0 Å². The van der Waals surface area contributed by atoms with Gasteiger partial charge in [0.25, 0.3) is 0 Å². The van der Waals surface area contributed by atoms with Gasteiger partial charge >= 0.3 is 6.18 Å². The summed E-state index contributed by atoms with van der Waals surface area (Å²) in [5.41, 5.74) is -1.76. The highest BCUT2D eigenvalue weighted by Crippen LogP contribution is 2.35. The summed E-state index contributed by atoms with van der Waals surface area (Å²) in [5.74, 6) is -0.426. The SMILES string of the molecule is CC1(C(=O)NC(CO)c2ccccc2C(F)(F)F)COC1. The summed E-state index contributed by atoms with van der Waals surface area (Å²) in [4.78, 5) is 12.1. The van der Waals surface area contributed by atoms with Crippen LogP contribution in [0.5, 0.6) is 0 Å². The van der Waals surface area contributed by atoms with Crippen molar-refractivity contribution in [2.24, 2.45) is 5.41 Å². The van der Waals surface area contributed by atoms with Crippen molar-refractivity contribution < 1.29 is 27.8 Å². The van der Waals surface area contributed by atoms with Crippen molar-refractivity contribution in [2.75, 3.05) is 19.8 Å². The zero-order chi connectivity index (χ0) is 15.7.